The molecule has 0 bridgehead atoms. The Morgan fingerprint density at radius 1 is 1.32 bits per heavy atom. The first-order valence-electron chi connectivity index (χ1n) is 5.89. The summed E-state index contributed by atoms with van der Waals surface area (Å²) < 4.78 is 23.4. The maximum absolute atomic E-state index is 13.1. The van der Waals surface area contributed by atoms with Crippen LogP contribution < -0.4 is 9.47 Å². The third-order valence-electron chi connectivity index (χ3n) is 3.07. The summed E-state index contributed by atoms with van der Waals surface area (Å²) >= 11 is 0. The molecule has 1 aromatic carbocycles. The minimum absolute atomic E-state index is 0.0474. The van der Waals surface area contributed by atoms with E-state index in [1.165, 1.54) is 14.2 Å². The molecule has 19 heavy (non-hydrogen) atoms. The number of aliphatic carboxylic acids is 1. The van der Waals surface area contributed by atoms with E-state index in [-0.39, 0.29) is 6.42 Å². The monoisotopic (exact) mass is 270 g/mol. The molecule has 0 aliphatic carbocycles. The normalized spacial score (nSPS) is 11.2. The second kappa shape index (κ2) is 5.91. The van der Waals surface area contributed by atoms with Gasteiger partial charge >= 0.3 is 5.97 Å². The standard InChI is InChI=1S/C14H19FO4/c1-14(2,7-12(16)17)10-5-9(8-15)13(19-4)11(6-10)18-3/h5-6H,7-8H2,1-4H3,(H,16,17). The van der Waals surface area contributed by atoms with Crippen LogP contribution in [0.15, 0.2) is 12.1 Å². The Balaban J connectivity index is 3.33. The molecule has 0 fully saturated rings. The van der Waals surface area contributed by atoms with Crippen molar-refractivity contribution < 1.29 is 23.8 Å². The van der Waals surface area contributed by atoms with E-state index < -0.39 is 18.1 Å². The molecule has 0 saturated heterocycles. The summed E-state index contributed by atoms with van der Waals surface area (Å²) in [6.45, 7) is 2.89. The molecule has 4 nitrogen and oxygen atoms in total. The van der Waals surface area contributed by atoms with Gasteiger partial charge in [-0.15, -0.1) is 0 Å². The van der Waals surface area contributed by atoms with E-state index in [9.17, 15) is 9.18 Å². The number of hydrogen-bond donors (Lipinski definition) is 1. The Bertz CT molecular complexity index is 444. The third-order valence-corrected chi connectivity index (χ3v) is 3.07. The van der Waals surface area contributed by atoms with Crippen LogP contribution in [-0.4, -0.2) is 25.3 Å². The largest absolute Gasteiger partial charge is 0.493 e. The quantitative estimate of drug-likeness (QED) is 0.863. The van der Waals surface area contributed by atoms with Gasteiger partial charge in [-0.2, -0.15) is 0 Å². The van der Waals surface area contributed by atoms with Crippen molar-refractivity contribution in [1.29, 1.82) is 0 Å². The zero-order valence-electron chi connectivity index (χ0n) is 11.6. The molecule has 0 unspecified atom stereocenters. The molecular weight excluding hydrogens is 251 g/mol. The molecule has 0 atom stereocenters. The van der Waals surface area contributed by atoms with E-state index in [0.29, 0.717) is 22.6 Å². The first-order chi connectivity index (χ1) is 8.85. The summed E-state index contributed by atoms with van der Waals surface area (Å²) in [6.07, 6.45) is -0.0474. The average Bonchev–Trinajstić information content (AvgIpc) is 2.35. The minimum Gasteiger partial charge on any atom is -0.493 e. The lowest BCUT2D eigenvalue weighted by Gasteiger charge is -2.25. The van der Waals surface area contributed by atoms with Crippen LogP contribution in [0.3, 0.4) is 0 Å². The molecule has 0 aliphatic heterocycles. The number of halogens is 1. The van der Waals surface area contributed by atoms with Gasteiger partial charge in [-0.25, -0.2) is 4.39 Å². The lowest BCUT2D eigenvalue weighted by atomic mass is 9.80. The highest BCUT2D eigenvalue weighted by atomic mass is 19.1. The van der Waals surface area contributed by atoms with Gasteiger partial charge < -0.3 is 14.6 Å². The van der Waals surface area contributed by atoms with E-state index in [2.05, 4.69) is 0 Å². The smallest absolute Gasteiger partial charge is 0.304 e. The molecule has 1 aromatic rings. The molecule has 0 heterocycles. The molecule has 0 aromatic heterocycles. The van der Waals surface area contributed by atoms with Crippen LogP contribution in [0.25, 0.3) is 0 Å². The number of carboxylic acids is 1. The number of rotatable bonds is 6. The van der Waals surface area contributed by atoms with E-state index in [1.807, 2.05) is 0 Å². The van der Waals surface area contributed by atoms with Crippen LogP contribution in [0, 0.1) is 0 Å². The molecule has 106 valence electrons. The van der Waals surface area contributed by atoms with Crippen molar-refractivity contribution in [3.05, 3.63) is 23.3 Å². The number of hydrogen-bond acceptors (Lipinski definition) is 3. The van der Waals surface area contributed by atoms with Crippen molar-refractivity contribution in [2.45, 2.75) is 32.4 Å². The molecule has 0 spiro atoms. The van der Waals surface area contributed by atoms with Crippen molar-refractivity contribution >= 4 is 5.97 Å². The number of methoxy groups -OCH3 is 2. The predicted molar refractivity (Wildman–Crippen MR) is 69.6 cm³/mol. The van der Waals surface area contributed by atoms with Gasteiger partial charge in [0.1, 0.15) is 6.67 Å². The zero-order chi connectivity index (χ0) is 14.6. The topological polar surface area (TPSA) is 55.8 Å². The van der Waals surface area contributed by atoms with Gasteiger partial charge in [0.15, 0.2) is 11.5 Å². The van der Waals surface area contributed by atoms with Gasteiger partial charge in [-0.05, 0) is 17.7 Å². The highest BCUT2D eigenvalue weighted by Crippen LogP contribution is 2.38. The molecule has 0 saturated carbocycles. The number of ether oxygens (including phenoxy) is 2. The molecular formula is C14H19FO4. The van der Waals surface area contributed by atoms with Crippen molar-refractivity contribution in [2.75, 3.05) is 14.2 Å². The molecule has 1 N–H and O–H groups in total. The fourth-order valence-corrected chi connectivity index (χ4v) is 2.01. The Morgan fingerprint density at radius 3 is 2.37 bits per heavy atom. The van der Waals surface area contributed by atoms with E-state index in [4.69, 9.17) is 14.6 Å². The number of carbonyl (C=O) groups is 1. The van der Waals surface area contributed by atoms with Gasteiger partial charge in [-0.3, -0.25) is 4.79 Å². The zero-order valence-corrected chi connectivity index (χ0v) is 11.6. The third kappa shape index (κ3) is 3.36. The SMILES string of the molecule is COc1cc(C(C)(C)CC(=O)O)cc(CF)c1OC. The van der Waals surface area contributed by atoms with Crippen molar-refractivity contribution in [1.82, 2.24) is 0 Å². The Kier molecular flexibility index (Phi) is 4.75. The lowest BCUT2D eigenvalue weighted by molar-refractivity contribution is -0.138. The van der Waals surface area contributed by atoms with Crippen LogP contribution in [0.4, 0.5) is 4.39 Å². The van der Waals surface area contributed by atoms with Crippen LogP contribution in [0.2, 0.25) is 0 Å². The fraction of sp³-hybridized carbons (Fsp3) is 0.500. The van der Waals surface area contributed by atoms with Crippen LogP contribution in [0.5, 0.6) is 11.5 Å². The van der Waals surface area contributed by atoms with E-state index in [1.54, 1.807) is 26.0 Å². The highest BCUT2D eigenvalue weighted by molar-refractivity contribution is 5.69. The highest BCUT2D eigenvalue weighted by Gasteiger charge is 2.26. The predicted octanol–water partition coefficient (Wildman–Crippen LogP) is 2.93. The van der Waals surface area contributed by atoms with E-state index >= 15 is 0 Å². The Morgan fingerprint density at radius 2 is 1.95 bits per heavy atom. The molecule has 0 radical (unpaired) electrons. The van der Waals surface area contributed by atoms with Crippen LogP contribution in [-0.2, 0) is 16.9 Å². The van der Waals surface area contributed by atoms with Crippen molar-refractivity contribution in [3.63, 3.8) is 0 Å². The summed E-state index contributed by atoms with van der Waals surface area (Å²) in [4.78, 5) is 10.9. The van der Waals surface area contributed by atoms with Gasteiger partial charge in [0.05, 0.1) is 20.6 Å². The fourth-order valence-electron chi connectivity index (χ4n) is 2.01. The van der Waals surface area contributed by atoms with Crippen molar-refractivity contribution in [2.24, 2.45) is 0 Å². The number of carboxylic acid groups (broad SMARTS) is 1. The maximum atomic E-state index is 13.1. The summed E-state index contributed by atoms with van der Waals surface area (Å²) in [7, 11) is 2.91. The summed E-state index contributed by atoms with van der Waals surface area (Å²) in [5.41, 5.74) is 0.450. The van der Waals surface area contributed by atoms with Gasteiger partial charge in [-0.1, -0.05) is 13.8 Å². The molecule has 5 heteroatoms. The lowest BCUT2D eigenvalue weighted by Crippen LogP contribution is -2.22. The van der Waals surface area contributed by atoms with Gasteiger partial charge in [0, 0.05) is 11.0 Å². The Hall–Kier alpha value is -1.78. The number of benzene rings is 1. The first-order valence-corrected chi connectivity index (χ1v) is 5.89. The second-order valence-corrected chi connectivity index (χ2v) is 4.96. The first kappa shape index (κ1) is 15.3. The Labute approximate surface area is 112 Å². The maximum Gasteiger partial charge on any atom is 0.304 e. The summed E-state index contributed by atoms with van der Waals surface area (Å²) in [5.74, 6) is -0.146. The van der Waals surface area contributed by atoms with Crippen LogP contribution >= 0.6 is 0 Å². The molecule has 0 aliphatic rings. The minimum atomic E-state index is -0.901. The second-order valence-electron chi connectivity index (χ2n) is 4.96. The van der Waals surface area contributed by atoms with E-state index in [0.717, 1.165) is 0 Å². The summed E-state index contributed by atoms with van der Waals surface area (Å²) in [5, 5.41) is 8.93. The van der Waals surface area contributed by atoms with Crippen LogP contribution in [0.1, 0.15) is 31.4 Å². The number of alkyl halides is 1. The molecule has 0 amide bonds. The van der Waals surface area contributed by atoms with Gasteiger partial charge in [0.25, 0.3) is 0 Å². The van der Waals surface area contributed by atoms with Gasteiger partial charge in [0.2, 0.25) is 0 Å². The average molecular weight is 270 g/mol. The molecule has 1 rings (SSSR count). The summed E-state index contributed by atoms with van der Waals surface area (Å²) in [6, 6.07) is 3.32. The van der Waals surface area contributed by atoms with Crippen molar-refractivity contribution in [3.8, 4) is 11.5 Å².